The highest BCUT2D eigenvalue weighted by Crippen LogP contribution is 2.38. The quantitative estimate of drug-likeness (QED) is 0.904. The summed E-state index contributed by atoms with van der Waals surface area (Å²) >= 11 is 1.46. The summed E-state index contributed by atoms with van der Waals surface area (Å²) in [6, 6.07) is 0. The van der Waals surface area contributed by atoms with Crippen LogP contribution in [0.15, 0.2) is 12.4 Å². The van der Waals surface area contributed by atoms with E-state index in [1.807, 2.05) is 0 Å². The third kappa shape index (κ3) is 2.56. The summed E-state index contributed by atoms with van der Waals surface area (Å²) in [5, 5.41) is 7.33. The number of primary amides is 1. The number of aromatic nitrogens is 2. The van der Waals surface area contributed by atoms with Crippen LogP contribution in [0.4, 0.5) is 5.00 Å². The van der Waals surface area contributed by atoms with Crippen LogP contribution >= 0.6 is 11.3 Å². The standard InChI is InChI=1S/C14H16N4O2S/c1-18-7-8(6-16-18)13(20)17-14-11(12(15)19)9-4-2-3-5-10(9)21-14/h6-7H,2-5H2,1H3,(H2,15,19)(H,17,20). The van der Waals surface area contributed by atoms with Crippen molar-refractivity contribution in [2.45, 2.75) is 25.7 Å². The Kier molecular flexibility index (Phi) is 3.50. The maximum Gasteiger partial charge on any atom is 0.259 e. The van der Waals surface area contributed by atoms with E-state index < -0.39 is 5.91 Å². The van der Waals surface area contributed by atoms with E-state index >= 15 is 0 Å². The van der Waals surface area contributed by atoms with E-state index in [0.29, 0.717) is 16.1 Å². The predicted molar refractivity (Wildman–Crippen MR) is 80.6 cm³/mol. The molecule has 0 saturated carbocycles. The average molecular weight is 304 g/mol. The molecule has 110 valence electrons. The maximum atomic E-state index is 12.2. The molecule has 3 N–H and O–H groups in total. The Labute approximate surface area is 125 Å². The molecule has 0 unspecified atom stereocenters. The number of thiophene rings is 1. The Hall–Kier alpha value is -2.15. The first-order chi connectivity index (χ1) is 10.1. The summed E-state index contributed by atoms with van der Waals surface area (Å²) < 4.78 is 1.56. The summed E-state index contributed by atoms with van der Waals surface area (Å²) in [7, 11) is 1.75. The largest absolute Gasteiger partial charge is 0.365 e. The van der Waals surface area contributed by atoms with Gasteiger partial charge in [-0.25, -0.2) is 0 Å². The molecule has 0 radical (unpaired) electrons. The summed E-state index contributed by atoms with van der Waals surface area (Å²) in [6.07, 6.45) is 7.09. The molecule has 2 aromatic heterocycles. The Balaban J connectivity index is 1.93. The molecule has 3 rings (SSSR count). The molecule has 0 spiro atoms. The molecule has 0 bridgehead atoms. The second-order valence-corrected chi connectivity index (χ2v) is 6.24. The Bertz CT molecular complexity index is 717. The lowest BCUT2D eigenvalue weighted by molar-refractivity contribution is 0.100. The molecule has 0 atom stereocenters. The zero-order valence-corrected chi connectivity index (χ0v) is 12.5. The molecule has 0 aliphatic heterocycles. The van der Waals surface area contributed by atoms with Crippen molar-refractivity contribution in [2.24, 2.45) is 12.8 Å². The number of hydrogen-bond acceptors (Lipinski definition) is 4. The highest BCUT2D eigenvalue weighted by Gasteiger charge is 2.25. The van der Waals surface area contributed by atoms with Crippen molar-refractivity contribution < 1.29 is 9.59 Å². The molecule has 1 aliphatic carbocycles. The van der Waals surface area contributed by atoms with Crippen LogP contribution in [-0.4, -0.2) is 21.6 Å². The molecule has 7 heteroatoms. The van der Waals surface area contributed by atoms with E-state index in [2.05, 4.69) is 10.4 Å². The van der Waals surface area contributed by atoms with Crippen LogP contribution in [0.3, 0.4) is 0 Å². The fourth-order valence-electron chi connectivity index (χ4n) is 2.63. The van der Waals surface area contributed by atoms with Gasteiger partial charge in [0.25, 0.3) is 11.8 Å². The lowest BCUT2D eigenvalue weighted by atomic mass is 9.95. The Morgan fingerprint density at radius 3 is 2.81 bits per heavy atom. The molecule has 2 aromatic rings. The van der Waals surface area contributed by atoms with Crippen molar-refractivity contribution in [1.82, 2.24) is 9.78 Å². The van der Waals surface area contributed by atoms with Crippen LogP contribution in [0.5, 0.6) is 0 Å². The van der Waals surface area contributed by atoms with E-state index in [0.717, 1.165) is 36.1 Å². The van der Waals surface area contributed by atoms with E-state index in [9.17, 15) is 9.59 Å². The number of nitrogens with two attached hydrogens (primary N) is 1. The van der Waals surface area contributed by atoms with Crippen LogP contribution in [0, 0.1) is 0 Å². The van der Waals surface area contributed by atoms with Crippen LogP contribution in [0.25, 0.3) is 0 Å². The Morgan fingerprint density at radius 2 is 2.14 bits per heavy atom. The van der Waals surface area contributed by atoms with Gasteiger partial charge in [-0.15, -0.1) is 11.3 Å². The van der Waals surface area contributed by atoms with Gasteiger partial charge in [-0.3, -0.25) is 14.3 Å². The summed E-state index contributed by atoms with van der Waals surface area (Å²) in [5.41, 5.74) is 7.45. The van der Waals surface area contributed by atoms with E-state index in [1.165, 1.54) is 17.5 Å². The molecule has 21 heavy (non-hydrogen) atoms. The molecule has 0 aromatic carbocycles. The number of carbonyl (C=O) groups is 2. The average Bonchev–Trinajstić information content (AvgIpc) is 3.01. The molecule has 0 fully saturated rings. The minimum absolute atomic E-state index is 0.274. The lowest BCUT2D eigenvalue weighted by Crippen LogP contribution is -2.18. The van der Waals surface area contributed by atoms with E-state index in [4.69, 9.17) is 5.73 Å². The number of nitrogens with one attached hydrogen (secondary N) is 1. The zero-order valence-electron chi connectivity index (χ0n) is 11.7. The van der Waals surface area contributed by atoms with Crippen molar-refractivity contribution in [3.63, 3.8) is 0 Å². The first-order valence-electron chi connectivity index (χ1n) is 6.80. The van der Waals surface area contributed by atoms with Crippen molar-refractivity contribution in [2.75, 3.05) is 5.32 Å². The normalized spacial score (nSPS) is 13.8. The summed E-state index contributed by atoms with van der Waals surface area (Å²) in [4.78, 5) is 25.1. The van der Waals surface area contributed by atoms with Crippen molar-refractivity contribution in [3.8, 4) is 0 Å². The van der Waals surface area contributed by atoms with Gasteiger partial charge in [0, 0.05) is 18.1 Å². The van der Waals surface area contributed by atoms with Gasteiger partial charge in [-0.1, -0.05) is 0 Å². The number of aryl methyl sites for hydroxylation is 2. The second-order valence-electron chi connectivity index (χ2n) is 5.14. The van der Waals surface area contributed by atoms with Crippen LogP contribution in [0.2, 0.25) is 0 Å². The first kappa shape index (κ1) is 13.8. The highest BCUT2D eigenvalue weighted by molar-refractivity contribution is 7.17. The van der Waals surface area contributed by atoms with E-state index in [1.54, 1.807) is 17.9 Å². The van der Waals surface area contributed by atoms with Gasteiger partial charge in [0.1, 0.15) is 5.00 Å². The number of rotatable bonds is 3. The first-order valence-corrected chi connectivity index (χ1v) is 7.62. The fraction of sp³-hybridized carbons (Fsp3) is 0.357. The van der Waals surface area contributed by atoms with Gasteiger partial charge >= 0.3 is 0 Å². The molecule has 1 aliphatic rings. The number of hydrogen-bond donors (Lipinski definition) is 2. The van der Waals surface area contributed by atoms with Crippen molar-refractivity contribution in [3.05, 3.63) is 34.0 Å². The number of fused-ring (bicyclic) bond motifs is 1. The number of nitrogens with zero attached hydrogens (tertiary/aromatic N) is 2. The zero-order chi connectivity index (χ0) is 15.0. The van der Waals surface area contributed by atoms with Gasteiger partial charge in [-0.05, 0) is 31.2 Å². The number of amides is 2. The lowest BCUT2D eigenvalue weighted by Gasteiger charge is -2.11. The monoisotopic (exact) mass is 304 g/mol. The van der Waals surface area contributed by atoms with Gasteiger partial charge < -0.3 is 11.1 Å². The van der Waals surface area contributed by atoms with E-state index in [-0.39, 0.29) is 5.91 Å². The van der Waals surface area contributed by atoms with Crippen LogP contribution in [-0.2, 0) is 19.9 Å². The van der Waals surface area contributed by atoms with Crippen LogP contribution < -0.4 is 11.1 Å². The number of carbonyl (C=O) groups excluding carboxylic acids is 2. The summed E-state index contributed by atoms with van der Waals surface area (Å²) in [5.74, 6) is -0.750. The topological polar surface area (TPSA) is 90.0 Å². The Morgan fingerprint density at radius 1 is 1.38 bits per heavy atom. The number of anilines is 1. The molecular formula is C14H16N4O2S. The minimum Gasteiger partial charge on any atom is -0.365 e. The molecule has 2 amide bonds. The predicted octanol–water partition coefficient (Wildman–Crippen LogP) is 1.71. The fourth-order valence-corrected chi connectivity index (χ4v) is 3.92. The minimum atomic E-state index is -0.476. The molecule has 2 heterocycles. The van der Waals surface area contributed by atoms with Crippen molar-refractivity contribution >= 4 is 28.2 Å². The van der Waals surface area contributed by atoms with Gasteiger partial charge in [0.15, 0.2) is 0 Å². The maximum absolute atomic E-state index is 12.2. The van der Waals surface area contributed by atoms with Gasteiger partial charge in [-0.2, -0.15) is 5.10 Å². The van der Waals surface area contributed by atoms with Gasteiger partial charge in [0.05, 0.1) is 17.3 Å². The third-order valence-corrected chi connectivity index (χ3v) is 4.82. The SMILES string of the molecule is Cn1cc(C(=O)Nc2sc3c(c2C(N)=O)CCCC3)cn1. The third-order valence-electron chi connectivity index (χ3n) is 3.61. The van der Waals surface area contributed by atoms with Gasteiger partial charge in [0.2, 0.25) is 0 Å². The van der Waals surface area contributed by atoms with Crippen molar-refractivity contribution in [1.29, 1.82) is 0 Å². The molecular weight excluding hydrogens is 288 g/mol. The highest BCUT2D eigenvalue weighted by atomic mass is 32.1. The second kappa shape index (κ2) is 5.33. The molecule has 6 nitrogen and oxygen atoms in total. The summed E-state index contributed by atoms with van der Waals surface area (Å²) in [6.45, 7) is 0. The van der Waals surface area contributed by atoms with Crippen LogP contribution in [0.1, 0.15) is 44.0 Å². The smallest absolute Gasteiger partial charge is 0.259 e. The molecule has 0 saturated heterocycles.